The summed E-state index contributed by atoms with van der Waals surface area (Å²) in [4.78, 5) is 56.9. The molecule has 10 N–H and O–H groups in total. The van der Waals surface area contributed by atoms with Gasteiger partial charge in [-0.05, 0) is 19.3 Å². The molecule has 2 bridgehead atoms. The van der Waals surface area contributed by atoms with E-state index in [0.717, 1.165) is 32.1 Å². The zero-order chi connectivity index (χ0) is 27.1. The molecular formula is C23H38N8O6. The number of rotatable bonds is 12. The van der Waals surface area contributed by atoms with Crippen molar-refractivity contribution in [2.24, 2.45) is 56.6 Å². The molecule has 6 atom stereocenters. The molecule has 14 nitrogen and oxygen atoms in total. The van der Waals surface area contributed by atoms with Gasteiger partial charge in [-0.1, -0.05) is 32.6 Å². The SMILES string of the molecule is CCCCCCCC1OC2C3CC(C2O1)C(C(=O)NCC(=O)N=C(N)N)C3C(=O)NCC(=O)N=C(N)N. The number of hydrogen-bond acceptors (Lipinski definition) is 6. The molecule has 1 heterocycles. The van der Waals surface area contributed by atoms with Crippen molar-refractivity contribution in [3.05, 3.63) is 0 Å². The first kappa shape index (κ1) is 28.3. The molecule has 37 heavy (non-hydrogen) atoms. The molecule has 0 aromatic carbocycles. The Hall–Kier alpha value is -3.26. The highest BCUT2D eigenvalue weighted by molar-refractivity contribution is 5.97. The van der Waals surface area contributed by atoms with E-state index in [4.69, 9.17) is 32.4 Å². The molecule has 0 aromatic rings. The first-order valence-corrected chi connectivity index (χ1v) is 12.7. The van der Waals surface area contributed by atoms with Crippen LogP contribution in [0.1, 0.15) is 51.9 Å². The van der Waals surface area contributed by atoms with Gasteiger partial charge in [0.05, 0.1) is 37.1 Å². The van der Waals surface area contributed by atoms with Gasteiger partial charge >= 0.3 is 0 Å². The van der Waals surface area contributed by atoms with Crippen LogP contribution in [0.5, 0.6) is 0 Å². The van der Waals surface area contributed by atoms with Crippen molar-refractivity contribution in [1.29, 1.82) is 0 Å². The molecule has 0 spiro atoms. The predicted molar refractivity (Wildman–Crippen MR) is 133 cm³/mol. The van der Waals surface area contributed by atoms with E-state index in [9.17, 15) is 19.2 Å². The summed E-state index contributed by atoms with van der Waals surface area (Å²) >= 11 is 0. The van der Waals surface area contributed by atoms with Gasteiger partial charge < -0.3 is 43.0 Å². The molecule has 3 aliphatic rings. The van der Waals surface area contributed by atoms with Gasteiger partial charge in [-0.15, -0.1) is 0 Å². The fraction of sp³-hybridized carbons (Fsp3) is 0.739. The van der Waals surface area contributed by atoms with Crippen molar-refractivity contribution in [3.63, 3.8) is 0 Å². The number of nitrogens with zero attached hydrogens (tertiary/aromatic N) is 2. The Kier molecular flexibility index (Phi) is 9.80. The lowest BCUT2D eigenvalue weighted by molar-refractivity contribution is -0.141. The molecule has 206 valence electrons. The van der Waals surface area contributed by atoms with Gasteiger partial charge in [0.25, 0.3) is 11.8 Å². The number of amides is 4. The zero-order valence-corrected chi connectivity index (χ0v) is 21.1. The molecule has 1 aliphatic heterocycles. The standard InChI is InChI=1S/C23H38N8O6/c1-2-3-4-5-6-7-15-36-18-11-8-12(19(18)37-15)17(21(35)29-10-14(33)31-23(26)27)16(11)20(34)28-9-13(32)30-22(24)25/h11-12,15-19H,2-10H2,1H3,(H,28,34)(H,29,35)(H4,24,25,30,32)(H4,26,27,31,33). The van der Waals surface area contributed by atoms with Gasteiger partial charge in [0.1, 0.15) is 0 Å². The maximum atomic E-state index is 13.2. The van der Waals surface area contributed by atoms with Gasteiger partial charge in [0.2, 0.25) is 11.8 Å². The van der Waals surface area contributed by atoms with Gasteiger partial charge in [-0.25, -0.2) is 0 Å². The van der Waals surface area contributed by atoms with Crippen molar-refractivity contribution >= 4 is 35.5 Å². The van der Waals surface area contributed by atoms with E-state index in [-0.39, 0.29) is 30.3 Å². The highest BCUT2D eigenvalue weighted by atomic mass is 16.7. The topological polar surface area (TPSA) is 240 Å². The molecule has 0 aromatic heterocycles. The average Bonchev–Trinajstić information content (AvgIpc) is 3.50. The molecule has 14 heteroatoms. The van der Waals surface area contributed by atoms with E-state index in [1.54, 1.807) is 0 Å². The normalized spacial score (nSPS) is 29.3. The monoisotopic (exact) mass is 522 g/mol. The van der Waals surface area contributed by atoms with E-state index < -0.39 is 60.5 Å². The molecule has 6 unspecified atom stereocenters. The second-order valence-electron chi connectivity index (χ2n) is 9.75. The summed E-state index contributed by atoms with van der Waals surface area (Å²) in [5.74, 6) is -5.41. The van der Waals surface area contributed by atoms with E-state index in [1.807, 2.05) is 0 Å². The van der Waals surface area contributed by atoms with Crippen molar-refractivity contribution in [2.75, 3.05) is 13.1 Å². The minimum absolute atomic E-state index is 0.289. The van der Waals surface area contributed by atoms with E-state index >= 15 is 0 Å². The van der Waals surface area contributed by atoms with Crippen LogP contribution in [0.3, 0.4) is 0 Å². The first-order chi connectivity index (χ1) is 17.6. The minimum Gasteiger partial charge on any atom is -0.370 e. The summed E-state index contributed by atoms with van der Waals surface area (Å²) in [6, 6.07) is 0. The number of aliphatic imine (C=N–C) groups is 2. The predicted octanol–water partition coefficient (Wildman–Crippen LogP) is -1.83. The fourth-order valence-corrected chi connectivity index (χ4v) is 5.74. The highest BCUT2D eigenvalue weighted by Gasteiger charge is 2.66. The number of nitrogens with one attached hydrogen (secondary N) is 2. The second-order valence-corrected chi connectivity index (χ2v) is 9.75. The van der Waals surface area contributed by atoms with Crippen molar-refractivity contribution in [2.45, 2.75) is 70.4 Å². The number of guanidine groups is 2. The number of carbonyl (C=O) groups is 4. The van der Waals surface area contributed by atoms with E-state index in [0.29, 0.717) is 6.42 Å². The maximum absolute atomic E-state index is 13.2. The van der Waals surface area contributed by atoms with Gasteiger partial charge in [-0.2, -0.15) is 9.98 Å². The summed E-state index contributed by atoms with van der Waals surface area (Å²) < 4.78 is 12.4. The Morgan fingerprint density at radius 3 is 1.65 bits per heavy atom. The summed E-state index contributed by atoms with van der Waals surface area (Å²) in [6.45, 7) is 1.31. The van der Waals surface area contributed by atoms with Crippen LogP contribution < -0.4 is 33.6 Å². The van der Waals surface area contributed by atoms with Crippen LogP contribution in [0, 0.1) is 23.7 Å². The summed E-state index contributed by atoms with van der Waals surface area (Å²) in [5.41, 5.74) is 20.8. The lowest BCUT2D eigenvalue weighted by Crippen LogP contribution is -2.52. The lowest BCUT2D eigenvalue weighted by Gasteiger charge is -2.34. The Bertz CT molecular complexity index is 866. The smallest absolute Gasteiger partial charge is 0.268 e. The van der Waals surface area contributed by atoms with Crippen molar-refractivity contribution in [3.8, 4) is 0 Å². The van der Waals surface area contributed by atoms with Gasteiger partial charge in [-0.3, -0.25) is 19.2 Å². The average molecular weight is 523 g/mol. The van der Waals surface area contributed by atoms with Crippen LogP contribution >= 0.6 is 0 Å². The molecule has 4 amide bonds. The molecule has 1 saturated heterocycles. The number of ether oxygens (including phenoxy) is 2. The summed E-state index contributed by atoms with van der Waals surface area (Å²) in [5, 5.41) is 5.06. The maximum Gasteiger partial charge on any atom is 0.268 e. The van der Waals surface area contributed by atoms with Crippen LogP contribution in [0.15, 0.2) is 9.98 Å². The van der Waals surface area contributed by atoms with Crippen LogP contribution in [0.4, 0.5) is 0 Å². The lowest BCUT2D eigenvalue weighted by atomic mass is 9.75. The summed E-state index contributed by atoms with van der Waals surface area (Å²) in [6.07, 6.45) is 5.78. The van der Waals surface area contributed by atoms with E-state index in [1.165, 1.54) is 6.42 Å². The van der Waals surface area contributed by atoms with Crippen molar-refractivity contribution in [1.82, 2.24) is 10.6 Å². The Labute approximate surface area is 215 Å². The molecule has 2 saturated carbocycles. The van der Waals surface area contributed by atoms with Gasteiger partial charge in [0.15, 0.2) is 18.2 Å². The first-order valence-electron chi connectivity index (χ1n) is 12.7. The van der Waals surface area contributed by atoms with Crippen LogP contribution in [0.25, 0.3) is 0 Å². The number of nitrogens with two attached hydrogens (primary N) is 4. The minimum atomic E-state index is -0.789. The van der Waals surface area contributed by atoms with Gasteiger partial charge in [0, 0.05) is 11.8 Å². The van der Waals surface area contributed by atoms with Crippen LogP contribution in [0.2, 0.25) is 0 Å². The second kappa shape index (κ2) is 12.8. The van der Waals surface area contributed by atoms with Crippen LogP contribution in [-0.2, 0) is 28.7 Å². The zero-order valence-electron chi connectivity index (χ0n) is 21.1. The highest BCUT2D eigenvalue weighted by Crippen LogP contribution is 2.57. The Balaban J connectivity index is 1.69. The van der Waals surface area contributed by atoms with Crippen LogP contribution in [-0.4, -0.2) is 67.1 Å². The third kappa shape index (κ3) is 7.16. The molecule has 0 radical (unpaired) electrons. The Morgan fingerprint density at radius 2 is 1.22 bits per heavy atom. The molecule has 2 aliphatic carbocycles. The quantitative estimate of drug-likeness (QED) is 0.0951. The molecule has 3 rings (SSSR count). The molecule has 3 fully saturated rings. The largest absolute Gasteiger partial charge is 0.370 e. The fourth-order valence-electron chi connectivity index (χ4n) is 5.74. The number of fused-ring (bicyclic) bond motifs is 5. The van der Waals surface area contributed by atoms with E-state index in [2.05, 4.69) is 27.5 Å². The number of hydrogen-bond donors (Lipinski definition) is 6. The third-order valence-corrected chi connectivity index (χ3v) is 7.12. The summed E-state index contributed by atoms with van der Waals surface area (Å²) in [7, 11) is 0. The third-order valence-electron chi connectivity index (χ3n) is 7.12. The Morgan fingerprint density at radius 1 is 0.757 bits per heavy atom. The number of carbonyl (C=O) groups excluding carboxylic acids is 4. The van der Waals surface area contributed by atoms with Crippen molar-refractivity contribution < 1.29 is 28.7 Å². The molecular weight excluding hydrogens is 484 g/mol. The number of unbranched alkanes of at least 4 members (excludes halogenated alkanes) is 4.